The molecule has 3 N–H and O–H groups in total. The molecule has 9 nitrogen and oxygen atoms in total. The number of benzene rings is 5. The molecule has 0 aliphatic rings. The van der Waals surface area contributed by atoms with E-state index in [9.17, 15) is 14.4 Å². The van der Waals surface area contributed by atoms with Crippen molar-refractivity contribution in [1.29, 1.82) is 0 Å². The maximum atomic E-state index is 13.7. The number of hydrogen-bond acceptors (Lipinski definition) is 7. The van der Waals surface area contributed by atoms with E-state index in [0.29, 0.717) is 40.0 Å². The number of furan rings is 1. The molecule has 6 rings (SSSR count). The largest absolute Gasteiger partial charge is 0.497 e. The van der Waals surface area contributed by atoms with Crippen LogP contribution in [0.1, 0.15) is 26.9 Å². The van der Waals surface area contributed by atoms with Crippen molar-refractivity contribution in [3.05, 3.63) is 168 Å². The number of thioether (sulfide) groups is 1. The Kier molecular flexibility index (Phi) is 11.5. The van der Waals surface area contributed by atoms with Crippen molar-refractivity contribution >= 4 is 46.9 Å². The lowest BCUT2D eigenvalue weighted by Gasteiger charge is -2.18. The zero-order chi connectivity index (χ0) is 36.3. The van der Waals surface area contributed by atoms with Crippen LogP contribution in [0.2, 0.25) is 0 Å². The van der Waals surface area contributed by atoms with Gasteiger partial charge in [-0.15, -0.1) is 11.8 Å². The summed E-state index contributed by atoms with van der Waals surface area (Å²) in [4.78, 5) is 41.2. The van der Waals surface area contributed by atoms with E-state index < -0.39 is 17.1 Å². The van der Waals surface area contributed by atoms with Crippen LogP contribution in [0.4, 0.5) is 11.4 Å². The average molecular weight is 710 g/mol. The Bertz CT molecular complexity index is 2180. The number of ether oxygens (including phenoxy) is 2. The fourth-order valence-corrected chi connectivity index (χ4v) is 6.29. The summed E-state index contributed by atoms with van der Waals surface area (Å²) < 4.78 is 16.8. The molecule has 0 radical (unpaired) electrons. The van der Waals surface area contributed by atoms with Crippen molar-refractivity contribution in [2.45, 2.75) is 10.1 Å². The number of anilines is 2. The predicted octanol–water partition coefficient (Wildman–Crippen LogP) is 8.85. The van der Waals surface area contributed by atoms with Crippen molar-refractivity contribution in [1.82, 2.24) is 5.32 Å². The van der Waals surface area contributed by atoms with Gasteiger partial charge in [0.05, 0.1) is 19.8 Å². The number of hydrogen-bond donors (Lipinski definition) is 3. The van der Waals surface area contributed by atoms with Crippen molar-refractivity contribution < 1.29 is 28.3 Å². The minimum atomic E-state index is -0.565. The summed E-state index contributed by atoms with van der Waals surface area (Å²) in [6.45, 7) is 0. The molecule has 1 unspecified atom stereocenters. The van der Waals surface area contributed by atoms with Gasteiger partial charge in [0.25, 0.3) is 11.8 Å². The number of para-hydroxylation sites is 1. The number of nitrogens with one attached hydrogen (secondary N) is 3. The number of methoxy groups -OCH3 is 2. The molecule has 0 saturated carbocycles. The van der Waals surface area contributed by atoms with Crippen molar-refractivity contribution in [3.63, 3.8) is 0 Å². The van der Waals surface area contributed by atoms with Crippen molar-refractivity contribution in [2.75, 3.05) is 24.9 Å². The van der Waals surface area contributed by atoms with Crippen LogP contribution in [0, 0.1) is 0 Å². The van der Waals surface area contributed by atoms with E-state index in [1.807, 2.05) is 78.9 Å². The maximum absolute atomic E-state index is 13.7. The first-order chi connectivity index (χ1) is 25.4. The zero-order valence-corrected chi connectivity index (χ0v) is 29.2. The van der Waals surface area contributed by atoms with E-state index in [1.165, 1.54) is 17.8 Å². The summed E-state index contributed by atoms with van der Waals surface area (Å²) in [5, 5.41) is 8.04. The molecule has 10 heteroatoms. The molecular formula is C42H35N3O6S. The van der Waals surface area contributed by atoms with Crippen LogP contribution in [0.3, 0.4) is 0 Å². The van der Waals surface area contributed by atoms with Gasteiger partial charge in [0.15, 0.2) is 0 Å². The second kappa shape index (κ2) is 16.9. The van der Waals surface area contributed by atoms with Crippen LogP contribution in [0.15, 0.2) is 161 Å². The molecule has 0 saturated heterocycles. The molecule has 1 atom stereocenters. The standard InChI is InChI=1S/C42H35N3O6S/c1-49-32-17-11-16-31(26-32)44-42(48)39(28-12-5-3-6-13-28)52-34-23-20-30(21-24-34)43-41(47)36(45-40(46)29-14-7-4-8-15-29)27-33-22-25-38(51-33)35-18-9-10-19-37(35)50-2/h3-27,39H,1-2H3,(H,43,47)(H,44,48)(H,45,46)/b36-27+. The first-order valence-electron chi connectivity index (χ1n) is 16.3. The third kappa shape index (κ3) is 8.98. The first kappa shape index (κ1) is 35.3. The molecule has 6 aromatic rings. The third-order valence-corrected chi connectivity index (χ3v) is 9.12. The lowest BCUT2D eigenvalue weighted by molar-refractivity contribution is -0.116. The summed E-state index contributed by atoms with van der Waals surface area (Å²) >= 11 is 1.38. The second-order valence-corrected chi connectivity index (χ2v) is 12.6. The van der Waals surface area contributed by atoms with E-state index in [0.717, 1.165) is 16.0 Å². The molecule has 260 valence electrons. The molecule has 0 fully saturated rings. The molecule has 0 aliphatic carbocycles. The van der Waals surface area contributed by atoms with Gasteiger partial charge in [-0.3, -0.25) is 14.4 Å². The van der Waals surface area contributed by atoms with E-state index in [-0.39, 0.29) is 11.6 Å². The summed E-state index contributed by atoms with van der Waals surface area (Å²) in [5.74, 6) is 0.958. The topological polar surface area (TPSA) is 119 Å². The van der Waals surface area contributed by atoms with E-state index in [2.05, 4.69) is 16.0 Å². The van der Waals surface area contributed by atoms with Crippen LogP contribution in [-0.2, 0) is 9.59 Å². The number of amides is 3. The summed E-state index contributed by atoms with van der Waals surface area (Å²) in [7, 11) is 3.16. The first-order valence-corrected chi connectivity index (χ1v) is 17.2. The van der Waals surface area contributed by atoms with Gasteiger partial charge in [0.1, 0.15) is 34.0 Å². The van der Waals surface area contributed by atoms with Gasteiger partial charge in [-0.25, -0.2) is 0 Å². The Hall–Kier alpha value is -6.52. The average Bonchev–Trinajstić information content (AvgIpc) is 3.66. The Morgan fingerprint density at radius 2 is 1.40 bits per heavy atom. The Morgan fingerprint density at radius 3 is 2.13 bits per heavy atom. The highest BCUT2D eigenvalue weighted by Gasteiger charge is 2.23. The lowest BCUT2D eigenvalue weighted by Crippen LogP contribution is -2.30. The predicted molar refractivity (Wildman–Crippen MR) is 204 cm³/mol. The Morgan fingerprint density at radius 1 is 0.692 bits per heavy atom. The minimum Gasteiger partial charge on any atom is -0.497 e. The van der Waals surface area contributed by atoms with Crippen LogP contribution < -0.4 is 25.4 Å². The quantitative estimate of drug-likeness (QED) is 0.0810. The smallest absolute Gasteiger partial charge is 0.272 e. The van der Waals surface area contributed by atoms with Crippen molar-refractivity contribution in [2.24, 2.45) is 0 Å². The maximum Gasteiger partial charge on any atom is 0.272 e. The van der Waals surface area contributed by atoms with Crippen LogP contribution in [0.5, 0.6) is 11.5 Å². The molecule has 3 amide bonds. The fraction of sp³-hybridized carbons (Fsp3) is 0.0714. The number of carbonyl (C=O) groups excluding carboxylic acids is 3. The Labute approximate surface area is 305 Å². The van der Waals surface area contributed by atoms with Crippen molar-refractivity contribution in [3.8, 4) is 22.8 Å². The zero-order valence-electron chi connectivity index (χ0n) is 28.4. The minimum absolute atomic E-state index is 0.0217. The van der Waals surface area contributed by atoms with Gasteiger partial charge in [0.2, 0.25) is 5.91 Å². The fourth-order valence-electron chi connectivity index (χ4n) is 5.27. The molecule has 0 aliphatic heterocycles. The highest BCUT2D eigenvalue weighted by Crippen LogP contribution is 2.37. The molecule has 1 heterocycles. The SMILES string of the molecule is COc1cccc(NC(=O)C(Sc2ccc(NC(=O)/C(=C\c3ccc(-c4ccccc4OC)o3)NC(=O)c3ccccc3)cc2)c2ccccc2)c1. The number of carbonyl (C=O) groups is 3. The number of rotatable bonds is 13. The second-order valence-electron chi connectivity index (χ2n) is 11.4. The highest BCUT2D eigenvalue weighted by molar-refractivity contribution is 8.00. The van der Waals surface area contributed by atoms with Crippen LogP contribution >= 0.6 is 11.8 Å². The third-order valence-electron chi connectivity index (χ3n) is 7.86. The summed E-state index contributed by atoms with van der Waals surface area (Å²) in [6, 6.07) is 43.4. The van der Waals surface area contributed by atoms with E-state index in [1.54, 1.807) is 80.9 Å². The molecule has 1 aromatic heterocycles. The monoisotopic (exact) mass is 709 g/mol. The molecular weight excluding hydrogens is 675 g/mol. The van der Waals surface area contributed by atoms with E-state index in [4.69, 9.17) is 13.9 Å². The van der Waals surface area contributed by atoms with Gasteiger partial charge in [-0.05, 0) is 78.4 Å². The normalized spacial score (nSPS) is 11.6. The van der Waals surface area contributed by atoms with Crippen LogP contribution in [0.25, 0.3) is 17.4 Å². The van der Waals surface area contributed by atoms with Gasteiger partial charge >= 0.3 is 0 Å². The van der Waals surface area contributed by atoms with Gasteiger partial charge in [0, 0.05) is 34.0 Å². The molecule has 5 aromatic carbocycles. The van der Waals surface area contributed by atoms with Gasteiger partial charge in [-0.2, -0.15) is 0 Å². The molecule has 0 spiro atoms. The highest BCUT2D eigenvalue weighted by atomic mass is 32.2. The molecule has 52 heavy (non-hydrogen) atoms. The van der Waals surface area contributed by atoms with Gasteiger partial charge < -0.3 is 29.8 Å². The Balaban J connectivity index is 1.21. The lowest BCUT2D eigenvalue weighted by atomic mass is 10.1. The van der Waals surface area contributed by atoms with Crippen LogP contribution in [-0.4, -0.2) is 31.9 Å². The summed E-state index contributed by atoms with van der Waals surface area (Å²) in [6.07, 6.45) is 1.48. The van der Waals surface area contributed by atoms with E-state index >= 15 is 0 Å². The molecule has 0 bridgehead atoms. The summed E-state index contributed by atoms with van der Waals surface area (Å²) in [5.41, 5.74) is 3.06. The van der Waals surface area contributed by atoms with Gasteiger partial charge in [-0.1, -0.05) is 66.7 Å².